The van der Waals surface area contributed by atoms with E-state index in [1.54, 1.807) is 0 Å². The zero-order valence-corrected chi connectivity index (χ0v) is 20.4. The lowest BCUT2D eigenvalue weighted by molar-refractivity contribution is -0.137. The molecule has 5 nitrogen and oxygen atoms in total. The van der Waals surface area contributed by atoms with Crippen LogP contribution in [-0.4, -0.2) is 45.4 Å². The summed E-state index contributed by atoms with van der Waals surface area (Å²) in [5.41, 5.74) is 0. The van der Waals surface area contributed by atoms with Gasteiger partial charge in [-0.2, -0.15) is 11.8 Å². The van der Waals surface area contributed by atoms with Crippen LogP contribution in [0.1, 0.15) is 117 Å². The van der Waals surface area contributed by atoms with Gasteiger partial charge < -0.3 is 15.3 Å². The Morgan fingerprint density at radius 2 is 1.03 bits per heavy atom. The summed E-state index contributed by atoms with van der Waals surface area (Å²) in [6, 6.07) is 0. The normalized spacial score (nSPS) is 10.7. The van der Waals surface area contributed by atoms with E-state index in [0.29, 0.717) is 24.0 Å². The number of rotatable bonds is 21. The minimum atomic E-state index is -0.840. The Kier molecular flexibility index (Phi) is 27.5. The lowest BCUT2D eigenvalue weighted by Crippen LogP contribution is -2.06. The van der Waals surface area contributed by atoms with Crippen LogP contribution in [0.15, 0.2) is 0 Å². The molecule has 0 rings (SSSR count). The van der Waals surface area contributed by atoms with Crippen LogP contribution in [0.25, 0.3) is 0 Å². The van der Waals surface area contributed by atoms with Crippen molar-refractivity contribution in [2.75, 3.05) is 18.1 Å². The highest BCUT2D eigenvalue weighted by Gasteiger charge is 2.06. The number of carbonyl (C=O) groups is 2. The first-order valence-corrected chi connectivity index (χ1v) is 13.2. The van der Waals surface area contributed by atoms with E-state index >= 15 is 0 Å². The van der Waals surface area contributed by atoms with Crippen molar-refractivity contribution >= 4 is 23.7 Å². The molecule has 0 heterocycles. The van der Waals surface area contributed by atoms with Crippen LogP contribution < -0.4 is 0 Å². The van der Waals surface area contributed by atoms with Gasteiger partial charge in [0.1, 0.15) is 0 Å². The summed E-state index contributed by atoms with van der Waals surface area (Å²) in [6.07, 6.45) is 19.1. The number of aliphatic hydroxyl groups excluding tert-OH is 1. The van der Waals surface area contributed by atoms with Crippen molar-refractivity contribution in [3.8, 4) is 0 Å². The summed E-state index contributed by atoms with van der Waals surface area (Å²) in [4.78, 5) is 19.9. The average molecular weight is 449 g/mol. The van der Waals surface area contributed by atoms with Crippen molar-refractivity contribution in [3.05, 3.63) is 0 Å². The monoisotopic (exact) mass is 448 g/mol. The van der Waals surface area contributed by atoms with Crippen LogP contribution >= 0.6 is 11.8 Å². The molecule has 0 aliphatic heterocycles. The fourth-order valence-electron chi connectivity index (χ4n) is 3.17. The second-order valence-electron chi connectivity index (χ2n) is 8.06. The van der Waals surface area contributed by atoms with E-state index in [9.17, 15) is 14.7 Å². The molecule has 0 spiro atoms. The van der Waals surface area contributed by atoms with Gasteiger partial charge in [0.15, 0.2) is 0 Å². The van der Waals surface area contributed by atoms with Crippen LogP contribution in [0.4, 0.5) is 0 Å². The van der Waals surface area contributed by atoms with E-state index in [2.05, 4.69) is 13.8 Å². The first-order valence-electron chi connectivity index (χ1n) is 12.1. The standard InChI is InChI=1S/C18H38O.C6H10O4S/c1-3-5-7-9-11-13-15-18(17-19)16-14-12-10-8-6-4-2;7-5(8)1-3-11-4-2-6(9)10/h18-19H,3-17H2,1-2H3;1-4H2,(H,7,8)(H,9,10). The van der Waals surface area contributed by atoms with Crippen LogP contribution in [0.5, 0.6) is 0 Å². The van der Waals surface area contributed by atoms with E-state index in [0.717, 1.165) is 0 Å². The van der Waals surface area contributed by atoms with Crippen LogP contribution in [0.2, 0.25) is 0 Å². The SMILES string of the molecule is CCCCCCCCC(CO)CCCCCCCC.O=C(O)CCSCCC(=O)O. The molecule has 30 heavy (non-hydrogen) atoms. The maximum absolute atomic E-state index is 9.97. The fraction of sp³-hybridized carbons (Fsp3) is 0.917. The molecule has 0 saturated heterocycles. The molecular formula is C24H48O5S. The van der Waals surface area contributed by atoms with Crippen molar-refractivity contribution in [2.45, 2.75) is 117 Å². The predicted molar refractivity (Wildman–Crippen MR) is 128 cm³/mol. The summed E-state index contributed by atoms with van der Waals surface area (Å²) in [6.45, 7) is 4.94. The van der Waals surface area contributed by atoms with Gasteiger partial charge in [0, 0.05) is 18.1 Å². The Hall–Kier alpha value is -0.750. The second kappa shape index (κ2) is 26.3. The van der Waals surface area contributed by atoms with E-state index < -0.39 is 11.9 Å². The molecule has 0 bridgehead atoms. The molecule has 0 aliphatic rings. The number of hydrogen-bond donors (Lipinski definition) is 3. The maximum atomic E-state index is 9.97. The van der Waals surface area contributed by atoms with Crippen LogP contribution in [0, 0.1) is 5.92 Å². The summed E-state index contributed by atoms with van der Waals surface area (Å²) in [5.74, 6) is -0.122. The van der Waals surface area contributed by atoms with Gasteiger partial charge in [-0.3, -0.25) is 9.59 Å². The van der Waals surface area contributed by atoms with Gasteiger partial charge in [0.05, 0.1) is 12.8 Å². The van der Waals surface area contributed by atoms with Gasteiger partial charge in [-0.05, 0) is 18.8 Å². The Balaban J connectivity index is 0. The molecule has 0 fully saturated rings. The largest absolute Gasteiger partial charge is 0.481 e. The maximum Gasteiger partial charge on any atom is 0.304 e. The van der Waals surface area contributed by atoms with Gasteiger partial charge in [-0.25, -0.2) is 0 Å². The summed E-state index contributed by atoms with van der Waals surface area (Å²) < 4.78 is 0. The van der Waals surface area contributed by atoms with Gasteiger partial charge >= 0.3 is 11.9 Å². The highest BCUT2D eigenvalue weighted by atomic mass is 32.2. The van der Waals surface area contributed by atoms with E-state index in [4.69, 9.17) is 10.2 Å². The third kappa shape index (κ3) is 29.5. The first-order chi connectivity index (χ1) is 14.5. The first kappa shape index (κ1) is 31.4. The highest BCUT2D eigenvalue weighted by molar-refractivity contribution is 7.99. The number of aliphatic carboxylic acids is 2. The van der Waals surface area contributed by atoms with Gasteiger partial charge in [-0.1, -0.05) is 90.9 Å². The molecule has 6 heteroatoms. The fourth-order valence-corrected chi connectivity index (χ4v) is 4.02. The summed E-state index contributed by atoms with van der Waals surface area (Å²) in [5, 5.41) is 25.8. The van der Waals surface area contributed by atoms with Crippen LogP contribution in [0.3, 0.4) is 0 Å². The molecule has 0 aromatic carbocycles. The Labute approximate surface area is 189 Å². The topological polar surface area (TPSA) is 94.8 Å². The van der Waals surface area contributed by atoms with Crippen LogP contribution in [-0.2, 0) is 9.59 Å². The molecule has 3 N–H and O–H groups in total. The average Bonchev–Trinajstić information content (AvgIpc) is 2.71. The lowest BCUT2D eigenvalue weighted by Gasteiger charge is -2.13. The number of carboxylic acids is 2. The Morgan fingerprint density at radius 3 is 1.37 bits per heavy atom. The molecule has 0 amide bonds. The van der Waals surface area contributed by atoms with Crippen molar-refractivity contribution in [1.82, 2.24) is 0 Å². The molecule has 0 radical (unpaired) electrons. The second-order valence-corrected chi connectivity index (χ2v) is 9.29. The summed E-state index contributed by atoms with van der Waals surface area (Å²) in [7, 11) is 0. The van der Waals surface area contributed by atoms with Gasteiger partial charge in [0.25, 0.3) is 0 Å². The number of carboxylic acid groups (broad SMARTS) is 2. The van der Waals surface area contributed by atoms with Gasteiger partial charge in [-0.15, -0.1) is 0 Å². The quantitative estimate of drug-likeness (QED) is 0.168. The zero-order chi connectivity index (χ0) is 22.9. The molecule has 180 valence electrons. The van der Waals surface area contributed by atoms with E-state index in [1.807, 2.05) is 0 Å². The molecular weight excluding hydrogens is 400 g/mol. The number of unbranched alkanes of at least 4 members (excludes halogenated alkanes) is 10. The van der Waals surface area contributed by atoms with Crippen molar-refractivity contribution in [2.24, 2.45) is 5.92 Å². The zero-order valence-electron chi connectivity index (χ0n) is 19.6. The molecule has 0 aliphatic carbocycles. The third-order valence-corrected chi connectivity index (χ3v) is 6.10. The molecule has 0 atom stereocenters. The Bertz CT molecular complexity index is 345. The minimum absolute atomic E-state index is 0.101. The number of hydrogen-bond acceptors (Lipinski definition) is 4. The van der Waals surface area contributed by atoms with Gasteiger partial charge in [0.2, 0.25) is 0 Å². The predicted octanol–water partition coefficient (Wildman–Crippen LogP) is 6.77. The summed E-state index contributed by atoms with van der Waals surface area (Å²) >= 11 is 1.35. The molecule has 0 unspecified atom stereocenters. The number of thioether (sulfide) groups is 1. The third-order valence-electron chi connectivity index (χ3n) is 5.11. The highest BCUT2D eigenvalue weighted by Crippen LogP contribution is 2.18. The number of aliphatic hydroxyl groups is 1. The van der Waals surface area contributed by atoms with Crippen molar-refractivity contribution in [3.63, 3.8) is 0 Å². The van der Waals surface area contributed by atoms with Crippen molar-refractivity contribution in [1.29, 1.82) is 0 Å². The minimum Gasteiger partial charge on any atom is -0.481 e. The molecule has 0 aromatic heterocycles. The Morgan fingerprint density at radius 1 is 0.667 bits per heavy atom. The smallest absolute Gasteiger partial charge is 0.304 e. The van der Waals surface area contributed by atoms with E-state index in [1.165, 1.54) is 102 Å². The molecule has 0 saturated carbocycles. The van der Waals surface area contributed by atoms with Crippen molar-refractivity contribution < 1.29 is 24.9 Å². The lowest BCUT2D eigenvalue weighted by atomic mass is 9.95. The van der Waals surface area contributed by atoms with E-state index in [-0.39, 0.29) is 12.8 Å². The molecule has 0 aromatic rings.